The zero-order valence-electron chi connectivity index (χ0n) is 11.6. The molecule has 0 atom stereocenters. The second-order valence-electron chi connectivity index (χ2n) is 5.21. The Balaban J connectivity index is 1.91. The Morgan fingerprint density at radius 2 is 1.89 bits per heavy atom. The number of hydrogen-bond donors (Lipinski definition) is 1. The average Bonchev–Trinajstić information content (AvgIpc) is 2.35. The van der Waals surface area contributed by atoms with Crippen LogP contribution in [-0.4, -0.2) is 41.7 Å². The van der Waals surface area contributed by atoms with E-state index < -0.39 is 5.97 Å². The maximum absolute atomic E-state index is 10.7. The van der Waals surface area contributed by atoms with Gasteiger partial charge in [-0.3, -0.25) is 9.69 Å². The van der Waals surface area contributed by atoms with Crippen LogP contribution in [0.3, 0.4) is 0 Å². The van der Waals surface area contributed by atoms with E-state index >= 15 is 0 Å². The molecule has 1 aliphatic heterocycles. The van der Waals surface area contributed by atoms with E-state index in [1.807, 2.05) is 11.0 Å². The molecule has 0 amide bonds. The molecule has 0 bridgehead atoms. The van der Waals surface area contributed by atoms with Crippen molar-refractivity contribution < 1.29 is 14.6 Å². The molecule has 0 saturated carbocycles. The van der Waals surface area contributed by atoms with Crippen LogP contribution >= 0.6 is 0 Å². The molecule has 1 aromatic rings. The van der Waals surface area contributed by atoms with Gasteiger partial charge in [0.1, 0.15) is 11.9 Å². The van der Waals surface area contributed by atoms with E-state index in [-0.39, 0.29) is 12.6 Å². The van der Waals surface area contributed by atoms with Gasteiger partial charge in [-0.15, -0.1) is 0 Å². The van der Waals surface area contributed by atoms with E-state index in [1.165, 1.54) is 0 Å². The Bertz CT molecular complexity index is 430. The molecule has 0 aliphatic carbocycles. The summed E-state index contributed by atoms with van der Waals surface area (Å²) in [6, 6.07) is 6.15. The van der Waals surface area contributed by atoms with Crippen molar-refractivity contribution in [3.05, 3.63) is 29.3 Å². The molecule has 0 unspecified atom stereocenters. The molecule has 1 aromatic carbocycles. The SMILES string of the molecule is Cc1cccc(C)c1OC1CCN(CC(=O)O)CC1. The number of aryl methyl sites for hydroxylation is 2. The lowest BCUT2D eigenvalue weighted by Crippen LogP contribution is -2.40. The summed E-state index contributed by atoms with van der Waals surface area (Å²) in [5.41, 5.74) is 2.32. The van der Waals surface area contributed by atoms with Crippen molar-refractivity contribution in [2.45, 2.75) is 32.8 Å². The van der Waals surface area contributed by atoms with Crippen molar-refractivity contribution in [3.8, 4) is 5.75 Å². The number of likely N-dealkylation sites (tertiary alicyclic amines) is 1. The zero-order chi connectivity index (χ0) is 13.8. The number of carboxylic acids is 1. The van der Waals surface area contributed by atoms with E-state index in [0.717, 1.165) is 42.8 Å². The molecular weight excluding hydrogens is 242 g/mol. The maximum Gasteiger partial charge on any atom is 0.317 e. The zero-order valence-corrected chi connectivity index (χ0v) is 11.6. The average molecular weight is 263 g/mol. The van der Waals surface area contributed by atoms with Crippen LogP contribution in [0.2, 0.25) is 0 Å². The number of rotatable bonds is 4. The second-order valence-corrected chi connectivity index (χ2v) is 5.21. The summed E-state index contributed by atoms with van der Waals surface area (Å²) in [7, 11) is 0. The topological polar surface area (TPSA) is 49.8 Å². The molecule has 0 radical (unpaired) electrons. The van der Waals surface area contributed by atoms with Crippen molar-refractivity contribution in [1.82, 2.24) is 4.90 Å². The lowest BCUT2D eigenvalue weighted by atomic mass is 10.1. The van der Waals surface area contributed by atoms with Gasteiger partial charge in [0.05, 0.1) is 6.54 Å². The highest BCUT2D eigenvalue weighted by atomic mass is 16.5. The van der Waals surface area contributed by atoms with E-state index in [9.17, 15) is 4.79 Å². The highest BCUT2D eigenvalue weighted by Gasteiger charge is 2.22. The predicted octanol–water partition coefficient (Wildman–Crippen LogP) is 2.23. The summed E-state index contributed by atoms with van der Waals surface area (Å²) < 4.78 is 6.10. The Morgan fingerprint density at radius 3 is 2.42 bits per heavy atom. The number of piperidine rings is 1. The van der Waals surface area contributed by atoms with Gasteiger partial charge in [-0.1, -0.05) is 18.2 Å². The molecule has 1 aliphatic rings. The molecule has 4 nitrogen and oxygen atoms in total. The summed E-state index contributed by atoms with van der Waals surface area (Å²) in [6.07, 6.45) is 1.98. The van der Waals surface area contributed by atoms with Crippen LogP contribution < -0.4 is 4.74 Å². The smallest absolute Gasteiger partial charge is 0.317 e. The van der Waals surface area contributed by atoms with Gasteiger partial charge in [-0.25, -0.2) is 0 Å². The van der Waals surface area contributed by atoms with Crippen molar-refractivity contribution >= 4 is 5.97 Å². The van der Waals surface area contributed by atoms with Crippen LogP contribution in [-0.2, 0) is 4.79 Å². The Labute approximate surface area is 114 Å². The highest BCUT2D eigenvalue weighted by molar-refractivity contribution is 5.69. The standard InChI is InChI=1S/C15H21NO3/c1-11-4-3-5-12(2)15(11)19-13-6-8-16(9-7-13)10-14(17)18/h3-5,13H,6-10H2,1-2H3,(H,17,18). The number of ether oxygens (including phenoxy) is 1. The minimum atomic E-state index is -0.755. The van der Waals surface area contributed by atoms with Crippen molar-refractivity contribution in [2.75, 3.05) is 19.6 Å². The third-order valence-corrected chi connectivity index (χ3v) is 3.59. The number of para-hydroxylation sites is 1. The lowest BCUT2D eigenvalue weighted by molar-refractivity contribution is -0.138. The molecule has 1 fully saturated rings. The number of aliphatic carboxylic acids is 1. The summed E-state index contributed by atoms with van der Waals surface area (Å²) in [5, 5.41) is 8.77. The second kappa shape index (κ2) is 6.06. The molecule has 19 heavy (non-hydrogen) atoms. The van der Waals surface area contributed by atoms with Crippen LogP contribution in [0.25, 0.3) is 0 Å². The summed E-state index contributed by atoms with van der Waals surface area (Å²) in [6.45, 7) is 5.84. The fourth-order valence-electron chi connectivity index (χ4n) is 2.53. The number of nitrogens with zero attached hydrogens (tertiary/aromatic N) is 1. The van der Waals surface area contributed by atoms with Gasteiger partial charge in [0, 0.05) is 13.1 Å². The fraction of sp³-hybridized carbons (Fsp3) is 0.533. The number of benzene rings is 1. The minimum Gasteiger partial charge on any atom is -0.490 e. The molecule has 0 aromatic heterocycles. The monoisotopic (exact) mass is 263 g/mol. The number of hydrogen-bond acceptors (Lipinski definition) is 3. The first-order valence-corrected chi connectivity index (χ1v) is 6.73. The van der Waals surface area contributed by atoms with Crippen LogP contribution in [0.4, 0.5) is 0 Å². The third kappa shape index (κ3) is 3.70. The largest absolute Gasteiger partial charge is 0.490 e. The number of carbonyl (C=O) groups is 1. The quantitative estimate of drug-likeness (QED) is 0.905. The van der Waals surface area contributed by atoms with Crippen LogP contribution in [0.1, 0.15) is 24.0 Å². The van der Waals surface area contributed by atoms with Crippen LogP contribution in [0, 0.1) is 13.8 Å². The molecule has 104 valence electrons. The first kappa shape index (κ1) is 13.9. The van der Waals surface area contributed by atoms with Crippen LogP contribution in [0.5, 0.6) is 5.75 Å². The van der Waals surface area contributed by atoms with Gasteiger partial charge in [0.2, 0.25) is 0 Å². The van der Waals surface area contributed by atoms with Gasteiger partial charge >= 0.3 is 5.97 Å². The first-order chi connectivity index (χ1) is 9.06. The minimum absolute atomic E-state index is 0.135. The first-order valence-electron chi connectivity index (χ1n) is 6.73. The van der Waals surface area contributed by atoms with Gasteiger partial charge in [0.15, 0.2) is 0 Å². The molecule has 1 heterocycles. The molecule has 2 rings (SSSR count). The molecule has 0 spiro atoms. The lowest BCUT2D eigenvalue weighted by Gasteiger charge is -2.31. The Kier molecular flexibility index (Phi) is 4.43. The van der Waals surface area contributed by atoms with Gasteiger partial charge < -0.3 is 9.84 Å². The van der Waals surface area contributed by atoms with E-state index in [0.29, 0.717) is 0 Å². The predicted molar refractivity (Wildman–Crippen MR) is 73.6 cm³/mol. The fourth-order valence-corrected chi connectivity index (χ4v) is 2.53. The van der Waals surface area contributed by atoms with Gasteiger partial charge in [-0.2, -0.15) is 0 Å². The summed E-state index contributed by atoms with van der Waals surface area (Å²) in [4.78, 5) is 12.6. The normalized spacial score (nSPS) is 17.4. The summed E-state index contributed by atoms with van der Waals surface area (Å²) in [5.74, 6) is 0.230. The Morgan fingerprint density at radius 1 is 1.32 bits per heavy atom. The van der Waals surface area contributed by atoms with Gasteiger partial charge in [-0.05, 0) is 37.8 Å². The number of carboxylic acid groups (broad SMARTS) is 1. The van der Waals surface area contributed by atoms with Gasteiger partial charge in [0.25, 0.3) is 0 Å². The van der Waals surface area contributed by atoms with E-state index in [4.69, 9.17) is 9.84 Å². The summed E-state index contributed by atoms with van der Waals surface area (Å²) >= 11 is 0. The molecule has 1 N–H and O–H groups in total. The molecular formula is C15H21NO3. The van der Waals surface area contributed by atoms with Crippen molar-refractivity contribution in [3.63, 3.8) is 0 Å². The van der Waals surface area contributed by atoms with Crippen LogP contribution in [0.15, 0.2) is 18.2 Å². The maximum atomic E-state index is 10.7. The third-order valence-electron chi connectivity index (χ3n) is 3.59. The molecule has 4 heteroatoms. The van der Waals surface area contributed by atoms with E-state index in [1.54, 1.807) is 0 Å². The van der Waals surface area contributed by atoms with Crippen molar-refractivity contribution in [2.24, 2.45) is 0 Å². The van der Waals surface area contributed by atoms with E-state index in [2.05, 4.69) is 26.0 Å². The highest BCUT2D eigenvalue weighted by Crippen LogP contribution is 2.26. The van der Waals surface area contributed by atoms with Crippen molar-refractivity contribution in [1.29, 1.82) is 0 Å². The molecule has 1 saturated heterocycles. The Hall–Kier alpha value is -1.55.